The zero-order chi connectivity index (χ0) is 13.9. The second-order valence-corrected chi connectivity index (χ2v) is 4.75. The Morgan fingerprint density at radius 1 is 1.00 bits per heavy atom. The maximum Gasteiger partial charge on any atom is 0.0743 e. The van der Waals surface area contributed by atoms with Crippen LogP contribution in [-0.4, -0.2) is 9.78 Å². The molecule has 0 amide bonds. The van der Waals surface area contributed by atoms with Gasteiger partial charge in [0.15, 0.2) is 0 Å². The molecule has 1 aromatic heterocycles. The van der Waals surface area contributed by atoms with Crippen molar-refractivity contribution < 1.29 is 0 Å². The molecule has 0 spiro atoms. The Hall–Kier alpha value is -2.61. The van der Waals surface area contributed by atoms with Crippen LogP contribution in [0.25, 0.3) is 23.0 Å². The summed E-state index contributed by atoms with van der Waals surface area (Å²) in [4.78, 5) is 0. The average Bonchev–Trinajstić information content (AvgIpc) is 2.90. The molecule has 0 aliphatic rings. The van der Waals surface area contributed by atoms with Crippen molar-refractivity contribution in [1.82, 2.24) is 9.78 Å². The van der Waals surface area contributed by atoms with Crippen molar-refractivity contribution in [3.05, 3.63) is 78.5 Å². The lowest BCUT2D eigenvalue weighted by molar-refractivity contribution is 0.869. The van der Waals surface area contributed by atoms with Gasteiger partial charge in [-0.25, -0.2) is 4.68 Å². The van der Waals surface area contributed by atoms with E-state index >= 15 is 0 Å². The Balaban J connectivity index is 2.17. The molecule has 0 saturated heterocycles. The van der Waals surface area contributed by atoms with Crippen LogP contribution in [0.1, 0.15) is 11.3 Å². The van der Waals surface area contributed by atoms with Gasteiger partial charge in [-0.1, -0.05) is 49.1 Å². The van der Waals surface area contributed by atoms with Crippen LogP contribution < -0.4 is 0 Å². The molecule has 0 atom stereocenters. The van der Waals surface area contributed by atoms with Gasteiger partial charge in [-0.05, 0) is 36.8 Å². The maximum absolute atomic E-state index is 4.60. The lowest BCUT2D eigenvalue weighted by atomic mass is 10.1. The Kier molecular flexibility index (Phi) is 3.21. The van der Waals surface area contributed by atoms with Crippen LogP contribution in [0.15, 0.2) is 67.2 Å². The Labute approximate surface area is 119 Å². The number of hydrogen-bond acceptors (Lipinski definition) is 1. The molecule has 2 nitrogen and oxygen atoms in total. The lowest BCUT2D eigenvalue weighted by Gasteiger charge is -2.08. The zero-order valence-electron chi connectivity index (χ0n) is 11.5. The highest BCUT2D eigenvalue weighted by molar-refractivity contribution is 5.66. The van der Waals surface area contributed by atoms with E-state index in [0.29, 0.717) is 0 Å². The highest BCUT2D eigenvalue weighted by atomic mass is 15.3. The van der Waals surface area contributed by atoms with Gasteiger partial charge in [-0.3, -0.25) is 0 Å². The van der Waals surface area contributed by atoms with Gasteiger partial charge >= 0.3 is 0 Å². The van der Waals surface area contributed by atoms with E-state index in [1.807, 2.05) is 48.0 Å². The molecule has 3 aromatic rings. The first-order valence-electron chi connectivity index (χ1n) is 6.63. The topological polar surface area (TPSA) is 17.8 Å². The minimum absolute atomic E-state index is 1.01. The molecule has 0 radical (unpaired) electrons. The van der Waals surface area contributed by atoms with Gasteiger partial charge in [0.05, 0.1) is 17.1 Å². The molecule has 2 heteroatoms. The molecule has 0 bridgehead atoms. The number of benzene rings is 2. The highest BCUT2D eigenvalue weighted by Crippen LogP contribution is 2.25. The largest absolute Gasteiger partial charge is 0.233 e. The SMILES string of the molecule is C=Cc1cccc(-c2cc(C)nn2-c2ccccc2)c1. The second kappa shape index (κ2) is 5.17. The van der Waals surface area contributed by atoms with Crippen molar-refractivity contribution in [3.63, 3.8) is 0 Å². The summed E-state index contributed by atoms with van der Waals surface area (Å²) in [6.07, 6.45) is 1.86. The first-order chi connectivity index (χ1) is 9.78. The van der Waals surface area contributed by atoms with E-state index in [2.05, 4.69) is 42.0 Å². The summed E-state index contributed by atoms with van der Waals surface area (Å²) in [6.45, 7) is 5.84. The minimum Gasteiger partial charge on any atom is -0.233 e. The van der Waals surface area contributed by atoms with Crippen molar-refractivity contribution in [2.24, 2.45) is 0 Å². The van der Waals surface area contributed by atoms with Crippen molar-refractivity contribution in [2.45, 2.75) is 6.92 Å². The van der Waals surface area contributed by atoms with E-state index in [1.165, 1.54) is 0 Å². The molecule has 98 valence electrons. The number of aryl methyl sites for hydroxylation is 1. The van der Waals surface area contributed by atoms with Crippen LogP contribution in [0.5, 0.6) is 0 Å². The van der Waals surface area contributed by atoms with E-state index in [-0.39, 0.29) is 0 Å². The smallest absolute Gasteiger partial charge is 0.0743 e. The van der Waals surface area contributed by atoms with Crippen LogP contribution in [0.4, 0.5) is 0 Å². The third-order valence-electron chi connectivity index (χ3n) is 3.25. The minimum atomic E-state index is 1.01. The molecule has 0 fully saturated rings. The van der Waals surface area contributed by atoms with E-state index in [0.717, 1.165) is 28.2 Å². The van der Waals surface area contributed by atoms with Crippen molar-refractivity contribution in [3.8, 4) is 16.9 Å². The third kappa shape index (κ3) is 2.28. The molecular weight excluding hydrogens is 244 g/mol. The first-order valence-corrected chi connectivity index (χ1v) is 6.63. The number of nitrogens with zero attached hydrogens (tertiary/aromatic N) is 2. The van der Waals surface area contributed by atoms with Crippen LogP contribution >= 0.6 is 0 Å². The lowest BCUT2D eigenvalue weighted by Crippen LogP contribution is -1.98. The molecule has 1 heterocycles. The predicted molar refractivity (Wildman–Crippen MR) is 83.8 cm³/mol. The molecular formula is C18H16N2. The van der Waals surface area contributed by atoms with Crippen LogP contribution in [0, 0.1) is 6.92 Å². The third-order valence-corrected chi connectivity index (χ3v) is 3.25. The zero-order valence-corrected chi connectivity index (χ0v) is 11.5. The number of rotatable bonds is 3. The fourth-order valence-electron chi connectivity index (χ4n) is 2.30. The van der Waals surface area contributed by atoms with Gasteiger partial charge in [0.1, 0.15) is 0 Å². The van der Waals surface area contributed by atoms with Crippen molar-refractivity contribution in [2.75, 3.05) is 0 Å². The predicted octanol–water partition coefficient (Wildman–Crippen LogP) is 4.49. The monoisotopic (exact) mass is 260 g/mol. The maximum atomic E-state index is 4.60. The van der Waals surface area contributed by atoms with Crippen LogP contribution in [-0.2, 0) is 0 Å². The van der Waals surface area contributed by atoms with Gasteiger partial charge in [0.25, 0.3) is 0 Å². The van der Waals surface area contributed by atoms with Gasteiger partial charge in [0.2, 0.25) is 0 Å². The summed E-state index contributed by atoms with van der Waals surface area (Å²) in [5.41, 5.74) is 5.43. The summed E-state index contributed by atoms with van der Waals surface area (Å²) < 4.78 is 1.98. The summed E-state index contributed by atoms with van der Waals surface area (Å²) in [5, 5.41) is 4.60. The van der Waals surface area contributed by atoms with Gasteiger partial charge in [-0.2, -0.15) is 5.10 Å². The highest BCUT2D eigenvalue weighted by Gasteiger charge is 2.09. The van der Waals surface area contributed by atoms with E-state index in [1.54, 1.807) is 0 Å². The van der Waals surface area contributed by atoms with E-state index in [9.17, 15) is 0 Å². The summed E-state index contributed by atoms with van der Waals surface area (Å²) >= 11 is 0. The fraction of sp³-hybridized carbons (Fsp3) is 0.0556. The van der Waals surface area contributed by atoms with Crippen LogP contribution in [0.3, 0.4) is 0 Å². The molecule has 3 rings (SSSR count). The first kappa shape index (κ1) is 12.4. The number of para-hydroxylation sites is 1. The standard InChI is InChI=1S/C18H16N2/c1-3-15-8-7-9-16(13-15)18-12-14(2)19-20(18)17-10-5-4-6-11-17/h3-13H,1H2,2H3. The molecule has 2 aromatic carbocycles. The molecule has 0 unspecified atom stereocenters. The Morgan fingerprint density at radius 3 is 2.55 bits per heavy atom. The quantitative estimate of drug-likeness (QED) is 0.678. The van der Waals surface area contributed by atoms with Crippen LogP contribution in [0.2, 0.25) is 0 Å². The van der Waals surface area contributed by atoms with Crippen molar-refractivity contribution in [1.29, 1.82) is 0 Å². The summed E-state index contributed by atoms with van der Waals surface area (Å²) in [7, 11) is 0. The summed E-state index contributed by atoms with van der Waals surface area (Å²) in [6, 6.07) is 20.6. The summed E-state index contributed by atoms with van der Waals surface area (Å²) in [5.74, 6) is 0. The van der Waals surface area contributed by atoms with Gasteiger partial charge in [-0.15, -0.1) is 0 Å². The van der Waals surface area contributed by atoms with Gasteiger partial charge < -0.3 is 0 Å². The van der Waals surface area contributed by atoms with Crippen molar-refractivity contribution >= 4 is 6.08 Å². The van der Waals surface area contributed by atoms with E-state index in [4.69, 9.17) is 0 Å². The normalized spacial score (nSPS) is 10.4. The number of aromatic nitrogens is 2. The Morgan fingerprint density at radius 2 is 1.80 bits per heavy atom. The molecule has 0 N–H and O–H groups in total. The molecule has 0 aliphatic carbocycles. The number of hydrogen-bond donors (Lipinski definition) is 0. The fourth-order valence-corrected chi connectivity index (χ4v) is 2.30. The van der Waals surface area contributed by atoms with E-state index < -0.39 is 0 Å². The second-order valence-electron chi connectivity index (χ2n) is 4.75. The molecule has 20 heavy (non-hydrogen) atoms. The molecule has 0 aliphatic heterocycles. The molecule has 0 saturated carbocycles. The average molecular weight is 260 g/mol. The van der Waals surface area contributed by atoms with Gasteiger partial charge in [0, 0.05) is 5.56 Å². The Bertz CT molecular complexity index is 739.